The van der Waals surface area contributed by atoms with Crippen LogP contribution < -0.4 is 0 Å². The van der Waals surface area contributed by atoms with E-state index in [1.165, 1.54) is 25.7 Å². The number of thiophene rings is 1. The van der Waals surface area contributed by atoms with Crippen molar-refractivity contribution < 1.29 is 9.32 Å². The zero-order valence-corrected chi connectivity index (χ0v) is 13.9. The van der Waals surface area contributed by atoms with Gasteiger partial charge in [-0.3, -0.25) is 4.79 Å². The van der Waals surface area contributed by atoms with Crippen molar-refractivity contribution >= 4 is 17.2 Å². The molecular formula is C17H21N3O2S. The number of amides is 1. The third-order valence-electron chi connectivity index (χ3n) is 5.01. The fourth-order valence-electron chi connectivity index (χ4n) is 3.53. The summed E-state index contributed by atoms with van der Waals surface area (Å²) in [7, 11) is 0. The van der Waals surface area contributed by atoms with Gasteiger partial charge in [-0.1, -0.05) is 36.9 Å². The number of hydrogen-bond donors (Lipinski definition) is 0. The van der Waals surface area contributed by atoms with Crippen molar-refractivity contribution in [2.75, 3.05) is 13.1 Å². The average molecular weight is 331 g/mol. The van der Waals surface area contributed by atoms with E-state index in [-0.39, 0.29) is 11.8 Å². The largest absolute Gasteiger partial charge is 0.341 e. The molecule has 3 heterocycles. The van der Waals surface area contributed by atoms with Gasteiger partial charge in [0.25, 0.3) is 0 Å². The summed E-state index contributed by atoms with van der Waals surface area (Å²) in [5.41, 5.74) is 0. The normalized spacial score (nSPS) is 19.2. The molecule has 0 bridgehead atoms. The highest BCUT2D eigenvalue weighted by Gasteiger charge is 2.35. The minimum Gasteiger partial charge on any atom is -0.341 e. The van der Waals surface area contributed by atoms with Gasteiger partial charge in [-0.2, -0.15) is 4.98 Å². The Morgan fingerprint density at radius 1 is 1.35 bits per heavy atom. The van der Waals surface area contributed by atoms with E-state index in [9.17, 15) is 4.79 Å². The predicted molar refractivity (Wildman–Crippen MR) is 88.1 cm³/mol. The quantitative estimate of drug-likeness (QED) is 0.838. The van der Waals surface area contributed by atoms with Crippen LogP contribution in [0, 0.1) is 5.92 Å². The average Bonchev–Trinajstić information content (AvgIpc) is 3.24. The van der Waals surface area contributed by atoms with E-state index in [1.54, 1.807) is 11.3 Å². The molecule has 1 aliphatic heterocycles. The van der Waals surface area contributed by atoms with Crippen LogP contribution in [-0.4, -0.2) is 34.0 Å². The molecule has 0 radical (unpaired) electrons. The molecule has 1 amide bonds. The van der Waals surface area contributed by atoms with Gasteiger partial charge in [-0.15, -0.1) is 11.3 Å². The summed E-state index contributed by atoms with van der Waals surface area (Å²) in [6.45, 7) is 1.44. The Morgan fingerprint density at radius 3 is 2.91 bits per heavy atom. The zero-order valence-electron chi connectivity index (χ0n) is 13.1. The topological polar surface area (TPSA) is 59.2 Å². The highest BCUT2D eigenvalue weighted by atomic mass is 32.1. The van der Waals surface area contributed by atoms with Crippen molar-refractivity contribution in [2.45, 2.75) is 44.4 Å². The van der Waals surface area contributed by atoms with Gasteiger partial charge in [0.1, 0.15) is 0 Å². The van der Waals surface area contributed by atoms with Crippen molar-refractivity contribution in [3.63, 3.8) is 0 Å². The van der Waals surface area contributed by atoms with Gasteiger partial charge in [0.15, 0.2) is 0 Å². The number of hydrogen-bond acceptors (Lipinski definition) is 5. The second kappa shape index (κ2) is 6.43. The van der Waals surface area contributed by atoms with Crippen molar-refractivity contribution in [3.05, 3.63) is 23.4 Å². The van der Waals surface area contributed by atoms with Gasteiger partial charge >= 0.3 is 0 Å². The first kappa shape index (κ1) is 14.9. The molecule has 6 heteroatoms. The Labute approximate surface area is 139 Å². The zero-order chi connectivity index (χ0) is 15.6. The number of carbonyl (C=O) groups excluding carboxylic acids is 1. The third kappa shape index (κ3) is 3.17. The van der Waals surface area contributed by atoms with E-state index in [1.807, 2.05) is 22.4 Å². The molecule has 1 saturated carbocycles. The maximum absolute atomic E-state index is 12.2. The summed E-state index contributed by atoms with van der Waals surface area (Å²) in [4.78, 5) is 19.6. The van der Waals surface area contributed by atoms with Crippen LogP contribution in [0.15, 0.2) is 22.0 Å². The van der Waals surface area contributed by atoms with E-state index >= 15 is 0 Å². The number of carbonyl (C=O) groups is 1. The molecule has 1 aliphatic carbocycles. The second-order valence-corrected chi connectivity index (χ2v) is 7.57. The Kier molecular flexibility index (Phi) is 4.16. The van der Waals surface area contributed by atoms with Crippen LogP contribution in [0.5, 0.6) is 0 Å². The fourth-order valence-corrected chi connectivity index (χ4v) is 4.18. The van der Waals surface area contributed by atoms with Crippen molar-refractivity contribution in [2.24, 2.45) is 5.92 Å². The lowest BCUT2D eigenvalue weighted by Gasteiger charge is -2.37. The van der Waals surface area contributed by atoms with Crippen LogP contribution >= 0.6 is 11.3 Å². The molecule has 122 valence electrons. The Bertz CT molecular complexity index is 655. The van der Waals surface area contributed by atoms with E-state index in [0.717, 1.165) is 30.3 Å². The molecule has 2 aromatic heterocycles. The summed E-state index contributed by atoms with van der Waals surface area (Å²) in [5, 5.41) is 6.04. The van der Waals surface area contributed by atoms with Gasteiger partial charge in [-0.05, 0) is 23.8 Å². The summed E-state index contributed by atoms with van der Waals surface area (Å²) in [5.74, 6) is 2.58. The molecule has 1 saturated heterocycles. The summed E-state index contributed by atoms with van der Waals surface area (Å²) in [6, 6.07) is 3.96. The minimum atomic E-state index is 0.201. The van der Waals surface area contributed by atoms with Crippen molar-refractivity contribution in [1.29, 1.82) is 0 Å². The molecule has 5 nitrogen and oxygen atoms in total. The lowest BCUT2D eigenvalue weighted by atomic mass is 9.97. The Hall–Kier alpha value is -1.69. The van der Waals surface area contributed by atoms with Crippen LogP contribution in [0.2, 0.25) is 0 Å². The van der Waals surface area contributed by atoms with Crippen LogP contribution in [-0.2, 0) is 4.79 Å². The molecule has 0 spiro atoms. The predicted octanol–water partition coefficient (Wildman–Crippen LogP) is 3.69. The number of aromatic nitrogens is 2. The Balaban J connectivity index is 1.27. The van der Waals surface area contributed by atoms with E-state index in [0.29, 0.717) is 18.1 Å². The molecule has 23 heavy (non-hydrogen) atoms. The molecule has 2 aliphatic rings. The van der Waals surface area contributed by atoms with Crippen LogP contribution in [0.3, 0.4) is 0 Å². The minimum absolute atomic E-state index is 0.201. The maximum atomic E-state index is 12.2. The van der Waals surface area contributed by atoms with Crippen molar-refractivity contribution in [1.82, 2.24) is 15.0 Å². The molecule has 0 atom stereocenters. The fraction of sp³-hybridized carbons (Fsp3) is 0.588. The first-order chi connectivity index (χ1) is 11.3. The molecule has 0 aromatic carbocycles. The lowest BCUT2D eigenvalue weighted by molar-refractivity contribution is -0.136. The summed E-state index contributed by atoms with van der Waals surface area (Å²) in [6.07, 6.45) is 7.06. The monoisotopic (exact) mass is 331 g/mol. The van der Waals surface area contributed by atoms with Gasteiger partial charge in [-0.25, -0.2) is 0 Å². The molecule has 0 unspecified atom stereocenters. The van der Waals surface area contributed by atoms with Gasteiger partial charge in [0, 0.05) is 19.5 Å². The molecular weight excluding hydrogens is 310 g/mol. The third-order valence-corrected chi connectivity index (χ3v) is 5.87. The van der Waals surface area contributed by atoms with Crippen molar-refractivity contribution in [3.8, 4) is 10.7 Å². The number of rotatable bonds is 5. The first-order valence-electron chi connectivity index (χ1n) is 8.45. The molecule has 0 N–H and O–H groups in total. The maximum Gasteiger partial charge on any atom is 0.233 e. The van der Waals surface area contributed by atoms with E-state index in [4.69, 9.17) is 4.52 Å². The SMILES string of the molecule is O=C(CCC1CCCC1)N1CC(c2nc(-c3cccs3)no2)C1. The Morgan fingerprint density at radius 2 is 2.17 bits per heavy atom. The van der Waals surface area contributed by atoms with Crippen LogP contribution in [0.25, 0.3) is 10.7 Å². The van der Waals surface area contributed by atoms with E-state index in [2.05, 4.69) is 10.1 Å². The second-order valence-electron chi connectivity index (χ2n) is 6.62. The number of likely N-dealkylation sites (tertiary alicyclic amines) is 1. The number of nitrogens with zero attached hydrogens (tertiary/aromatic N) is 3. The molecule has 2 aromatic rings. The van der Waals surface area contributed by atoms with Gasteiger partial charge in [0.05, 0.1) is 10.8 Å². The standard InChI is InChI=1S/C17H21N3O2S/c21-15(8-7-12-4-1-2-5-12)20-10-13(11-20)17-18-16(19-22-17)14-6-3-9-23-14/h3,6,9,12-13H,1-2,4-5,7-8,10-11H2. The van der Waals surface area contributed by atoms with Crippen LogP contribution in [0.1, 0.15) is 50.3 Å². The molecule has 2 fully saturated rings. The highest BCUT2D eigenvalue weighted by Crippen LogP contribution is 2.31. The van der Waals surface area contributed by atoms with E-state index < -0.39 is 0 Å². The lowest BCUT2D eigenvalue weighted by Crippen LogP contribution is -2.48. The molecule has 4 rings (SSSR count). The smallest absolute Gasteiger partial charge is 0.233 e. The summed E-state index contributed by atoms with van der Waals surface area (Å²) < 4.78 is 5.37. The van der Waals surface area contributed by atoms with Crippen LogP contribution in [0.4, 0.5) is 0 Å². The summed E-state index contributed by atoms with van der Waals surface area (Å²) >= 11 is 1.60. The highest BCUT2D eigenvalue weighted by molar-refractivity contribution is 7.13. The van der Waals surface area contributed by atoms with Gasteiger partial charge in [0.2, 0.25) is 17.6 Å². The van der Waals surface area contributed by atoms with Gasteiger partial charge < -0.3 is 9.42 Å². The first-order valence-corrected chi connectivity index (χ1v) is 9.33.